The zero-order chi connectivity index (χ0) is 16.9. The second kappa shape index (κ2) is 7.39. The number of carbonyl (C=O) groups excluding carboxylic acids is 1. The molecule has 2 amide bonds. The Morgan fingerprint density at radius 3 is 2.62 bits per heavy atom. The maximum atomic E-state index is 12.8. The summed E-state index contributed by atoms with van der Waals surface area (Å²) in [6.45, 7) is 5.32. The minimum Gasteiger partial charge on any atom is -0.493 e. The summed E-state index contributed by atoms with van der Waals surface area (Å²) in [5.74, 6) is 0.869. The molecule has 0 aliphatic carbocycles. The number of nitrogens with one attached hydrogen (secondary N) is 1. The van der Waals surface area contributed by atoms with Gasteiger partial charge in [-0.15, -0.1) is 0 Å². The third kappa shape index (κ3) is 3.70. The van der Waals surface area contributed by atoms with Gasteiger partial charge in [-0.3, -0.25) is 0 Å². The predicted molar refractivity (Wildman–Crippen MR) is 94.9 cm³/mol. The summed E-state index contributed by atoms with van der Waals surface area (Å²) in [6, 6.07) is 18.1. The molecule has 1 aliphatic rings. The molecule has 0 aromatic heterocycles. The van der Waals surface area contributed by atoms with Gasteiger partial charge in [0.1, 0.15) is 5.75 Å². The molecule has 1 unspecified atom stereocenters. The molecule has 1 aliphatic heterocycles. The molecular formula is C20H24N2O2. The van der Waals surface area contributed by atoms with E-state index in [1.807, 2.05) is 73.3 Å². The molecule has 0 saturated heterocycles. The molecule has 4 nitrogen and oxygen atoms in total. The third-order valence-electron chi connectivity index (χ3n) is 4.34. The number of hydrogen-bond acceptors (Lipinski definition) is 2. The van der Waals surface area contributed by atoms with Crippen LogP contribution in [0.2, 0.25) is 0 Å². The topological polar surface area (TPSA) is 41.6 Å². The number of hydrogen-bond donors (Lipinski definition) is 1. The molecule has 2 aromatic carbocycles. The Bertz CT molecular complexity index is 685. The fourth-order valence-corrected chi connectivity index (χ4v) is 2.99. The van der Waals surface area contributed by atoms with Crippen LogP contribution in [0.4, 0.5) is 4.79 Å². The van der Waals surface area contributed by atoms with Gasteiger partial charge in [-0.05, 0) is 25.5 Å². The molecule has 0 bridgehead atoms. The number of urea groups is 1. The number of carbonyl (C=O) groups is 1. The van der Waals surface area contributed by atoms with Crippen LogP contribution in [0.3, 0.4) is 0 Å². The largest absolute Gasteiger partial charge is 0.493 e. The lowest BCUT2D eigenvalue weighted by Gasteiger charge is -2.32. The van der Waals surface area contributed by atoms with Crippen LogP contribution in [0.25, 0.3) is 0 Å². The van der Waals surface area contributed by atoms with Crippen molar-refractivity contribution in [3.05, 3.63) is 65.7 Å². The van der Waals surface area contributed by atoms with Gasteiger partial charge >= 0.3 is 6.03 Å². The number of fused-ring (bicyclic) bond motifs is 1. The van der Waals surface area contributed by atoms with Gasteiger partial charge in [0, 0.05) is 24.6 Å². The van der Waals surface area contributed by atoms with Crippen LogP contribution in [0.1, 0.15) is 37.4 Å². The van der Waals surface area contributed by atoms with Gasteiger partial charge < -0.3 is 15.0 Å². The number of benzene rings is 2. The first-order valence-electron chi connectivity index (χ1n) is 8.48. The molecule has 0 saturated carbocycles. The van der Waals surface area contributed by atoms with Crippen molar-refractivity contribution in [1.29, 1.82) is 0 Å². The summed E-state index contributed by atoms with van der Waals surface area (Å²) in [7, 11) is 0. The fourth-order valence-electron chi connectivity index (χ4n) is 2.99. The minimum atomic E-state index is -0.0319. The summed E-state index contributed by atoms with van der Waals surface area (Å²) in [6.07, 6.45) is 0.792. The molecule has 0 spiro atoms. The van der Waals surface area contributed by atoms with Crippen LogP contribution in [0.5, 0.6) is 5.75 Å². The number of nitrogens with zero attached hydrogens (tertiary/aromatic N) is 1. The number of amides is 2. The second-order valence-corrected chi connectivity index (χ2v) is 6.38. The minimum absolute atomic E-state index is 0.000488. The third-order valence-corrected chi connectivity index (χ3v) is 4.34. The summed E-state index contributed by atoms with van der Waals surface area (Å²) in [5, 5.41) is 3.18. The number of rotatable bonds is 4. The first-order valence-corrected chi connectivity index (χ1v) is 8.48. The molecule has 4 heteroatoms. The van der Waals surface area contributed by atoms with E-state index in [4.69, 9.17) is 4.74 Å². The lowest BCUT2D eigenvalue weighted by atomic mass is 10.0. The second-order valence-electron chi connectivity index (χ2n) is 6.38. The quantitative estimate of drug-likeness (QED) is 0.919. The zero-order valence-corrected chi connectivity index (χ0v) is 14.2. The van der Waals surface area contributed by atoms with Crippen molar-refractivity contribution in [3.63, 3.8) is 0 Å². The molecule has 24 heavy (non-hydrogen) atoms. The molecular weight excluding hydrogens is 300 g/mol. The van der Waals surface area contributed by atoms with Gasteiger partial charge in [-0.25, -0.2) is 4.79 Å². The highest BCUT2D eigenvalue weighted by Crippen LogP contribution is 2.31. The highest BCUT2D eigenvalue weighted by atomic mass is 16.5. The summed E-state index contributed by atoms with van der Waals surface area (Å²) in [4.78, 5) is 14.7. The van der Waals surface area contributed by atoms with E-state index in [2.05, 4.69) is 5.32 Å². The van der Waals surface area contributed by atoms with E-state index in [1.54, 1.807) is 0 Å². The normalized spacial score (nSPS) is 16.2. The SMILES string of the molecule is CC(C)N(Cc1ccccc1)C(=O)NC1CCOc2ccccc21. The smallest absolute Gasteiger partial charge is 0.318 e. The highest BCUT2D eigenvalue weighted by Gasteiger charge is 2.25. The van der Waals surface area contributed by atoms with Gasteiger partial charge in [0.25, 0.3) is 0 Å². The Kier molecular flexibility index (Phi) is 5.04. The molecule has 1 atom stereocenters. The summed E-state index contributed by atoms with van der Waals surface area (Å²) < 4.78 is 5.67. The molecule has 0 radical (unpaired) electrons. The molecule has 2 aromatic rings. The standard InChI is InChI=1S/C20H24N2O2/c1-15(2)22(14-16-8-4-3-5-9-16)20(23)21-18-12-13-24-19-11-7-6-10-17(18)19/h3-11,15,18H,12-14H2,1-2H3,(H,21,23). The van der Waals surface area contributed by atoms with Crippen LogP contribution in [0, 0.1) is 0 Å². The zero-order valence-electron chi connectivity index (χ0n) is 14.2. The Morgan fingerprint density at radius 2 is 1.88 bits per heavy atom. The Balaban J connectivity index is 1.73. The van der Waals surface area contributed by atoms with E-state index in [0.717, 1.165) is 23.3 Å². The number of para-hydroxylation sites is 1. The van der Waals surface area contributed by atoms with Gasteiger partial charge in [-0.1, -0.05) is 48.5 Å². The van der Waals surface area contributed by atoms with Crippen molar-refractivity contribution in [2.24, 2.45) is 0 Å². The Morgan fingerprint density at radius 1 is 1.17 bits per heavy atom. The van der Waals surface area contributed by atoms with Crippen molar-refractivity contribution >= 4 is 6.03 Å². The van der Waals surface area contributed by atoms with E-state index < -0.39 is 0 Å². The summed E-state index contributed by atoms with van der Waals surface area (Å²) >= 11 is 0. The van der Waals surface area contributed by atoms with E-state index >= 15 is 0 Å². The highest BCUT2D eigenvalue weighted by molar-refractivity contribution is 5.75. The predicted octanol–water partition coefficient (Wildman–Crippen LogP) is 4.13. The first kappa shape index (κ1) is 16.4. The van der Waals surface area contributed by atoms with E-state index in [0.29, 0.717) is 13.2 Å². The molecule has 1 N–H and O–H groups in total. The van der Waals surface area contributed by atoms with Crippen LogP contribution in [-0.4, -0.2) is 23.6 Å². The van der Waals surface area contributed by atoms with Crippen LogP contribution >= 0.6 is 0 Å². The van der Waals surface area contributed by atoms with Gasteiger partial charge in [0.15, 0.2) is 0 Å². The maximum Gasteiger partial charge on any atom is 0.318 e. The Labute approximate surface area is 143 Å². The first-order chi connectivity index (χ1) is 11.6. The molecule has 0 fully saturated rings. The van der Waals surface area contributed by atoms with Crippen LogP contribution in [-0.2, 0) is 6.54 Å². The molecule has 126 valence electrons. The molecule has 1 heterocycles. The van der Waals surface area contributed by atoms with Crippen molar-refractivity contribution in [3.8, 4) is 5.75 Å². The van der Waals surface area contributed by atoms with E-state index in [9.17, 15) is 4.79 Å². The van der Waals surface area contributed by atoms with E-state index in [1.165, 1.54) is 0 Å². The lowest BCUT2D eigenvalue weighted by Crippen LogP contribution is -2.45. The molecule has 3 rings (SSSR count). The Hall–Kier alpha value is -2.49. The average molecular weight is 324 g/mol. The van der Waals surface area contributed by atoms with Crippen molar-refractivity contribution in [2.75, 3.05) is 6.61 Å². The van der Waals surface area contributed by atoms with Crippen molar-refractivity contribution < 1.29 is 9.53 Å². The average Bonchev–Trinajstić information content (AvgIpc) is 2.60. The van der Waals surface area contributed by atoms with Gasteiger partial charge in [-0.2, -0.15) is 0 Å². The van der Waals surface area contributed by atoms with Gasteiger partial charge in [0.2, 0.25) is 0 Å². The fraction of sp³-hybridized carbons (Fsp3) is 0.350. The van der Waals surface area contributed by atoms with E-state index in [-0.39, 0.29) is 18.1 Å². The van der Waals surface area contributed by atoms with Gasteiger partial charge in [0.05, 0.1) is 12.6 Å². The lowest BCUT2D eigenvalue weighted by molar-refractivity contribution is 0.170. The maximum absolute atomic E-state index is 12.8. The van der Waals surface area contributed by atoms with Crippen LogP contribution in [0.15, 0.2) is 54.6 Å². The van der Waals surface area contributed by atoms with Crippen LogP contribution < -0.4 is 10.1 Å². The van der Waals surface area contributed by atoms with Crippen molar-refractivity contribution in [2.45, 2.75) is 38.9 Å². The summed E-state index contributed by atoms with van der Waals surface area (Å²) in [5.41, 5.74) is 2.19. The monoisotopic (exact) mass is 324 g/mol. The number of ether oxygens (including phenoxy) is 1. The van der Waals surface area contributed by atoms with Crippen molar-refractivity contribution in [1.82, 2.24) is 10.2 Å².